The van der Waals surface area contributed by atoms with Crippen molar-refractivity contribution in [3.63, 3.8) is 0 Å². The summed E-state index contributed by atoms with van der Waals surface area (Å²) in [5.41, 5.74) is 10.3. The van der Waals surface area contributed by atoms with E-state index in [9.17, 15) is 9.59 Å². The minimum absolute atomic E-state index is 0.0608. The third-order valence-corrected chi connectivity index (χ3v) is 4.97. The fourth-order valence-electron chi connectivity index (χ4n) is 3.31. The molecule has 1 aliphatic heterocycles. The fourth-order valence-corrected chi connectivity index (χ4v) is 3.60. The zero-order valence-corrected chi connectivity index (χ0v) is 13.0. The second-order valence-electron chi connectivity index (χ2n) is 5.90. The van der Waals surface area contributed by atoms with Crippen LogP contribution in [-0.4, -0.2) is 47.5 Å². The molecule has 0 spiro atoms. The van der Waals surface area contributed by atoms with Crippen LogP contribution < -0.4 is 11.5 Å². The third-order valence-electron chi connectivity index (χ3n) is 4.58. The highest BCUT2D eigenvalue weighted by Crippen LogP contribution is 2.36. The summed E-state index contributed by atoms with van der Waals surface area (Å²) >= 11 is 5.17. The van der Waals surface area contributed by atoms with Crippen molar-refractivity contribution in [2.75, 3.05) is 19.8 Å². The Balaban J connectivity index is 2.25. The number of thiocarbonyl (C=S) groups is 1. The maximum Gasteiger partial charge on any atom is 0.237 e. The first-order valence-corrected chi connectivity index (χ1v) is 7.85. The standard InChI is InChI=1S/C14H23N3O3S/c15-11(18)9-17(10-3-1-2-4-10)13(19)14(12(16)21)5-7-20-8-6-14/h10H,1-9H2,(H2,15,18)(H2,16,21). The van der Waals surface area contributed by atoms with Gasteiger partial charge in [0.15, 0.2) is 0 Å². The third kappa shape index (κ3) is 3.35. The summed E-state index contributed by atoms with van der Waals surface area (Å²) < 4.78 is 5.33. The number of nitrogens with zero attached hydrogens (tertiary/aromatic N) is 1. The van der Waals surface area contributed by atoms with Crippen molar-refractivity contribution in [3.05, 3.63) is 0 Å². The number of carbonyl (C=O) groups excluding carboxylic acids is 2. The molecule has 0 unspecified atom stereocenters. The van der Waals surface area contributed by atoms with E-state index in [1.807, 2.05) is 0 Å². The van der Waals surface area contributed by atoms with E-state index in [-0.39, 0.29) is 23.5 Å². The lowest BCUT2D eigenvalue weighted by atomic mass is 9.78. The van der Waals surface area contributed by atoms with E-state index in [0.29, 0.717) is 26.1 Å². The molecule has 7 heteroatoms. The Kier molecular flexibility index (Phi) is 5.16. The van der Waals surface area contributed by atoms with Gasteiger partial charge in [-0.2, -0.15) is 0 Å². The second kappa shape index (κ2) is 6.70. The Labute approximate surface area is 130 Å². The summed E-state index contributed by atoms with van der Waals surface area (Å²) in [6.07, 6.45) is 4.89. The Morgan fingerprint density at radius 2 is 1.76 bits per heavy atom. The number of amides is 2. The van der Waals surface area contributed by atoms with Gasteiger partial charge < -0.3 is 21.1 Å². The van der Waals surface area contributed by atoms with Crippen molar-refractivity contribution >= 4 is 29.0 Å². The number of hydrogen-bond acceptors (Lipinski definition) is 4. The van der Waals surface area contributed by atoms with Gasteiger partial charge in [-0.1, -0.05) is 25.1 Å². The van der Waals surface area contributed by atoms with E-state index in [0.717, 1.165) is 25.7 Å². The zero-order valence-electron chi connectivity index (χ0n) is 12.2. The lowest BCUT2D eigenvalue weighted by Crippen LogP contribution is -2.56. The highest BCUT2D eigenvalue weighted by atomic mass is 32.1. The number of primary amides is 1. The highest BCUT2D eigenvalue weighted by Gasteiger charge is 2.47. The first-order valence-electron chi connectivity index (χ1n) is 7.44. The minimum atomic E-state index is -0.883. The molecule has 2 fully saturated rings. The molecule has 0 bridgehead atoms. The van der Waals surface area contributed by atoms with Gasteiger partial charge in [-0.3, -0.25) is 9.59 Å². The van der Waals surface area contributed by atoms with Crippen molar-refractivity contribution < 1.29 is 14.3 Å². The number of nitrogens with two attached hydrogens (primary N) is 2. The summed E-state index contributed by atoms with van der Waals surface area (Å²) in [6.45, 7) is 0.852. The van der Waals surface area contributed by atoms with E-state index in [4.69, 9.17) is 28.4 Å². The van der Waals surface area contributed by atoms with Gasteiger partial charge in [-0.15, -0.1) is 0 Å². The Morgan fingerprint density at radius 3 is 2.24 bits per heavy atom. The van der Waals surface area contributed by atoms with Crippen molar-refractivity contribution in [1.29, 1.82) is 0 Å². The average molecular weight is 313 g/mol. The molecule has 1 saturated heterocycles. The van der Waals surface area contributed by atoms with Gasteiger partial charge in [0.1, 0.15) is 5.41 Å². The number of ether oxygens (including phenoxy) is 1. The van der Waals surface area contributed by atoms with Gasteiger partial charge in [0.2, 0.25) is 11.8 Å². The predicted octanol–water partition coefficient (Wildman–Crippen LogP) is 0.326. The second-order valence-corrected chi connectivity index (χ2v) is 6.34. The van der Waals surface area contributed by atoms with Gasteiger partial charge in [0.05, 0.1) is 11.5 Å². The van der Waals surface area contributed by atoms with E-state index in [1.54, 1.807) is 4.90 Å². The molecule has 118 valence electrons. The molecule has 0 aromatic rings. The van der Waals surface area contributed by atoms with Crippen LogP contribution in [0.2, 0.25) is 0 Å². The maximum absolute atomic E-state index is 13.1. The maximum atomic E-state index is 13.1. The largest absolute Gasteiger partial charge is 0.392 e. The molecule has 0 atom stereocenters. The van der Waals surface area contributed by atoms with Gasteiger partial charge in [0, 0.05) is 19.3 Å². The van der Waals surface area contributed by atoms with Crippen molar-refractivity contribution in [2.24, 2.45) is 16.9 Å². The first-order chi connectivity index (χ1) is 9.97. The number of carbonyl (C=O) groups is 2. The summed E-state index contributed by atoms with van der Waals surface area (Å²) in [5.74, 6) is -0.649. The van der Waals surface area contributed by atoms with Crippen LogP contribution in [0.1, 0.15) is 38.5 Å². The van der Waals surface area contributed by atoms with E-state index in [1.165, 1.54) is 0 Å². The molecule has 2 rings (SSSR count). The van der Waals surface area contributed by atoms with Crippen LogP contribution in [0, 0.1) is 5.41 Å². The molecule has 2 aliphatic rings. The van der Waals surface area contributed by atoms with Crippen LogP contribution in [0.25, 0.3) is 0 Å². The SMILES string of the molecule is NC(=O)CN(C(=O)C1(C(N)=S)CCOCC1)C1CCCC1. The quantitative estimate of drug-likeness (QED) is 0.713. The molecule has 21 heavy (non-hydrogen) atoms. The molecule has 1 heterocycles. The summed E-state index contributed by atoms with van der Waals surface area (Å²) in [6, 6.07) is 0.0686. The normalized spacial score (nSPS) is 21.9. The summed E-state index contributed by atoms with van der Waals surface area (Å²) in [4.78, 5) is 26.3. The van der Waals surface area contributed by atoms with Crippen LogP contribution in [0.15, 0.2) is 0 Å². The summed E-state index contributed by atoms with van der Waals surface area (Å²) in [5, 5.41) is 0. The van der Waals surface area contributed by atoms with Crippen molar-refractivity contribution in [2.45, 2.75) is 44.6 Å². The highest BCUT2D eigenvalue weighted by molar-refractivity contribution is 7.80. The topological polar surface area (TPSA) is 98.7 Å². The lowest BCUT2D eigenvalue weighted by Gasteiger charge is -2.40. The molecule has 6 nitrogen and oxygen atoms in total. The van der Waals surface area contributed by atoms with Crippen LogP contribution in [-0.2, 0) is 14.3 Å². The Bertz CT molecular complexity index is 429. The molecule has 1 saturated carbocycles. The molecule has 2 amide bonds. The molecule has 0 radical (unpaired) electrons. The fraction of sp³-hybridized carbons (Fsp3) is 0.786. The zero-order chi connectivity index (χ0) is 15.5. The van der Waals surface area contributed by atoms with Crippen LogP contribution in [0.4, 0.5) is 0 Å². The van der Waals surface area contributed by atoms with Crippen molar-refractivity contribution in [3.8, 4) is 0 Å². The van der Waals surface area contributed by atoms with E-state index < -0.39 is 11.3 Å². The summed E-state index contributed by atoms with van der Waals surface area (Å²) in [7, 11) is 0. The van der Waals surface area contributed by atoms with Crippen LogP contribution >= 0.6 is 12.2 Å². The Hall–Kier alpha value is -1.21. The average Bonchev–Trinajstić information content (AvgIpc) is 2.98. The molecule has 0 aromatic heterocycles. The molecular formula is C14H23N3O3S. The van der Waals surface area contributed by atoms with Gasteiger partial charge in [-0.25, -0.2) is 0 Å². The van der Waals surface area contributed by atoms with Gasteiger partial charge in [0.25, 0.3) is 0 Å². The predicted molar refractivity (Wildman–Crippen MR) is 82.4 cm³/mol. The van der Waals surface area contributed by atoms with Gasteiger partial charge in [-0.05, 0) is 25.7 Å². The number of hydrogen-bond donors (Lipinski definition) is 2. The van der Waals surface area contributed by atoms with E-state index in [2.05, 4.69) is 0 Å². The smallest absolute Gasteiger partial charge is 0.237 e. The lowest BCUT2D eigenvalue weighted by molar-refractivity contribution is -0.147. The minimum Gasteiger partial charge on any atom is -0.392 e. The molecule has 1 aliphatic carbocycles. The Morgan fingerprint density at radius 1 is 1.19 bits per heavy atom. The van der Waals surface area contributed by atoms with E-state index >= 15 is 0 Å². The molecule has 0 aromatic carbocycles. The number of rotatable bonds is 5. The van der Waals surface area contributed by atoms with Crippen molar-refractivity contribution in [1.82, 2.24) is 4.90 Å². The molecule has 4 N–H and O–H groups in total. The molecular weight excluding hydrogens is 290 g/mol. The van der Waals surface area contributed by atoms with Gasteiger partial charge >= 0.3 is 0 Å². The van der Waals surface area contributed by atoms with Crippen LogP contribution in [0.3, 0.4) is 0 Å². The first kappa shape index (κ1) is 16.2. The van der Waals surface area contributed by atoms with Crippen LogP contribution in [0.5, 0.6) is 0 Å². The monoisotopic (exact) mass is 313 g/mol.